The highest BCUT2D eigenvalue weighted by Crippen LogP contribution is 2.22. The fraction of sp³-hybridized carbons (Fsp3) is 0.143. The van der Waals surface area contributed by atoms with Gasteiger partial charge in [0.1, 0.15) is 0 Å². The molecular weight excluding hydrogens is 292 g/mol. The first-order valence-corrected chi connectivity index (χ1v) is 7.17. The van der Waals surface area contributed by atoms with Crippen molar-refractivity contribution in [3.8, 4) is 0 Å². The van der Waals surface area contributed by atoms with Crippen LogP contribution in [0.5, 0.6) is 0 Å². The number of carbonyl (C=O) groups excluding carboxylic acids is 3. The molecule has 1 aromatic carbocycles. The molecule has 2 amide bonds. The number of hydrogen-bond acceptors (Lipinski definition) is 6. The second-order valence-corrected chi connectivity index (χ2v) is 5.11. The minimum Gasteiger partial charge on any atom is -0.330 e. The first kappa shape index (κ1) is 13.4. The van der Waals surface area contributed by atoms with Crippen LogP contribution in [0.1, 0.15) is 32.8 Å². The van der Waals surface area contributed by atoms with Crippen molar-refractivity contribution in [2.24, 2.45) is 0 Å². The number of hydroxylamine groups is 2. The summed E-state index contributed by atoms with van der Waals surface area (Å²) in [6, 6.07) is 6.35. The van der Waals surface area contributed by atoms with E-state index in [1.807, 2.05) is 5.38 Å². The summed E-state index contributed by atoms with van der Waals surface area (Å²) in [4.78, 5) is 44.7. The fourth-order valence-corrected chi connectivity index (χ4v) is 2.58. The normalized spacial score (nSPS) is 13.4. The van der Waals surface area contributed by atoms with Crippen LogP contribution in [0.25, 0.3) is 0 Å². The lowest BCUT2D eigenvalue weighted by Crippen LogP contribution is -2.32. The maximum Gasteiger partial charge on any atom is 0.333 e. The third-order valence-electron chi connectivity index (χ3n) is 3.02. The lowest BCUT2D eigenvalue weighted by atomic mass is 10.1. The van der Waals surface area contributed by atoms with Gasteiger partial charge in [0.05, 0.1) is 28.8 Å². The Bertz CT molecular complexity index is 677. The van der Waals surface area contributed by atoms with Crippen molar-refractivity contribution >= 4 is 29.1 Å². The van der Waals surface area contributed by atoms with Crippen LogP contribution in [-0.4, -0.2) is 27.8 Å². The van der Waals surface area contributed by atoms with Crippen LogP contribution in [0.15, 0.2) is 35.2 Å². The number of imide groups is 1. The summed E-state index contributed by atoms with van der Waals surface area (Å²) in [5, 5.41) is 2.35. The van der Waals surface area contributed by atoms with Crippen LogP contribution in [0.2, 0.25) is 0 Å². The van der Waals surface area contributed by atoms with Crippen LogP contribution in [-0.2, 0) is 16.1 Å². The molecule has 0 unspecified atom stereocenters. The maximum absolute atomic E-state index is 12.0. The van der Waals surface area contributed by atoms with E-state index in [9.17, 15) is 14.4 Å². The van der Waals surface area contributed by atoms with Gasteiger partial charge in [0.2, 0.25) is 0 Å². The second-order valence-electron chi connectivity index (χ2n) is 4.39. The molecule has 0 atom stereocenters. The van der Waals surface area contributed by atoms with Crippen LogP contribution < -0.4 is 0 Å². The van der Waals surface area contributed by atoms with Gasteiger partial charge in [-0.3, -0.25) is 9.59 Å². The summed E-state index contributed by atoms with van der Waals surface area (Å²) in [6.07, 6.45) is 0.461. The monoisotopic (exact) mass is 302 g/mol. The van der Waals surface area contributed by atoms with Gasteiger partial charge in [-0.05, 0) is 12.1 Å². The van der Waals surface area contributed by atoms with Gasteiger partial charge in [0.25, 0.3) is 11.8 Å². The highest BCUT2D eigenvalue weighted by atomic mass is 32.1. The molecule has 2 aromatic rings. The minimum atomic E-state index is -0.641. The molecule has 6 nitrogen and oxygen atoms in total. The van der Waals surface area contributed by atoms with E-state index in [-0.39, 0.29) is 17.5 Å². The number of thiazole rings is 1. The summed E-state index contributed by atoms with van der Waals surface area (Å²) in [6.45, 7) is 0. The van der Waals surface area contributed by atoms with Crippen molar-refractivity contribution in [3.05, 3.63) is 52.0 Å². The molecule has 0 aliphatic carbocycles. The van der Waals surface area contributed by atoms with Crippen LogP contribution in [0.4, 0.5) is 0 Å². The lowest BCUT2D eigenvalue weighted by Gasteiger charge is -2.12. The molecule has 0 saturated carbocycles. The molecule has 2 heterocycles. The smallest absolute Gasteiger partial charge is 0.330 e. The zero-order valence-corrected chi connectivity index (χ0v) is 11.6. The molecular formula is C14H10N2O4S. The lowest BCUT2D eigenvalue weighted by molar-refractivity contribution is -0.168. The van der Waals surface area contributed by atoms with E-state index in [0.717, 1.165) is 5.69 Å². The van der Waals surface area contributed by atoms with Crippen molar-refractivity contribution in [1.82, 2.24) is 10.0 Å². The molecule has 1 aliphatic rings. The van der Waals surface area contributed by atoms with Gasteiger partial charge in [-0.1, -0.05) is 17.2 Å². The van der Waals surface area contributed by atoms with E-state index < -0.39 is 17.8 Å². The zero-order chi connectivity index (χ0) is 14.8. The second kappa shape index (κ2) is 5.45. The number of nitrogens with zero attached hydrogens (tertiary/aromatic N) is 2. The van der Waals surface area contributed by atoms with Crippen molar-refractivity contribution in [3.63, 3.8) is 0 Å². The summed E-state index contributed by atoms with van der Waals surface area (Å²) >= 11 is 1.43. The molecule has 1 aliphatic heterocycles. The summed E-state index contributed by atoms with van der Waals surface area (Å²) < 4.78 is 0. The summed E-state index contributed by atoms with van der Waals surface area (Å²) in [7, 11) is 0. The van der Waals surface area contributed by atoms with E-state index in [0.29, 0.717) is 11.5 Å². The molecule has 3 rings (SSSR count). The van der Waals surface area contributed by atoms with Crippen molar-refractivity contribution in [2.75, 3.05) is 0 Å². The molecule has 7 heteroatoms. The van der Waals surface area contributed by atoms with Gasteiger partial charge >= 0.3 is 5.97 Å². The molecule has 0 N–H and O–H groups in total. The average molecular weight is 302 g/mol. The molecule has 1 aromatic heterocycles. The Morgan fingerprint density at radius 3 is 2.43 bits per heavy atom. The number of carbonyl (C=O) groups is 3. The quantitative estimate of drug-likeness (QED) is 0.805. The van der Waals surface area contributed by atoms with Gasteiger partial charge in [-0.2, -0.15) is 0 Å². The molecule has 106 valence electrons. The van der Waals surface area contributed by atoms with E-state index >= 15 is 0 Å². The molecule has 0 fully saturated rings. The minimum absolute atomic E-state index is 0.0527. The molecule has 21 heavy (non-hydrogen) atoms. The van der Waals surface area contributed by atoms with E-state index in [2.05, 4.69) is 4.98 Å². The number of benzene rings is 1. The van der Waals surface area contributed by atoms with Crippen LogP contribution >= 0.6 is 11.3 Å². The zero-order valence-electron chi connectivity index (χ0n) is 10.8. The third-order valence-corrected chi connectivity index (χ3v) is 3.65. The van der Waals surface area contributed by atoms with Crippen LogP contribution in [0.3, 0.4) is 0 Å². The average Bonchev–Trinajstić information content (AvgIpc) is 3.09. The Hall–Kier alpha value is -2.54. The first-order chi connectivity index (χ1) is 10.2. The third kappa shape index (κ3) is 2.55. The predicted molar refractivity (Wildman–Crippen MR) is 73.5 cm³/mol. The molecule has 0 spiro atoms. The highest BCUT2D eigenvalue weighted by molar-refractivity contribution is 7.07. The molecule has 0 saturated heterocycles. The predicted octanol–water partition coefficient (Wildman–Crippen LogP) is 1.83. The number of aromatic nitrogens is 1. The highest BCUT2D eigenvalue weighted by Gasteiger charge is 2.38. The Labute approximate surface area is 123 Å². The van der Waals surface area contributed by atoms with Crippen molar-refractivity contribution < 1.29 is 19.2 Å². The Balaban J connectivity index is 1.65. The number of amides is 2. The van der Waals surface area contributed by atoms with Crippen molar-refractivity contribution in [2.45, 2.75) is 12.8 Å². The number of aryl methyl sites for hydroxylation is 1. The number of fused-ring (bicyclic) bond motifs is 1. The number of hydrogen-bond donors (Lipinski definition) is 0. The van der Waals surface area contributed by atoms with Gasteiger partial charge in [0.15, 0.2) is 0 Å². The van der Waals surface area contributed by atoms with Gasteiger partial charge < -0.3 is 4.84 Å². The molecule has 0 bridgehead atoms. The standard InChI is InChI=1S/C14H10N2O4S/c17-12(6-5-9-7-21-8-15-9)20-16-13(18)10-3-1-2-4-11(10)14(16)19/h1-4,7-8H,5-6H2. The van der Waals surface area contributed by atoms with Gasteiger partial charge in [-0.15, -0.1) is 11.3 Å². The Morgan fingerprint density at radius 2 is 1.86 bits per heavy atom. The van der Waals surface area contributed by atoms with E-state index in [1.165, 1.54) is 23.5 Å². The maximum atomic E-state index is 12.0. The van der Waals surface area contributed by atoms with E-state index in [4.69, 9.17) is 4.84 Å². The Morgan fingerprint density at radius 1 is 1.19 bits per heavy atom. The molecule has 0 radical (unpaired) electrons. The van der Waals surface area contributed by atoms with Crippen molar-refractivity contribution in [1.29, 1.82) is 0 Å². The topological polar surface area (TPSA) is 76.6 Å². The largest absolute Gasteiger partial charge is 0.333 e. The number of rotatable bonds is 4. The SMILES string of the molecule is O=C(CCc1cscn1)ON1C(=O)c2ccccc2C1=O. The fourth-order valence-electron chi connectivity index (χ4n) is 1.99. The first-order valence-electron chi connectivity index (χ1n) is 6.22. The van der Waals surface area contributed by atoms with Gasteiger partial charge in [0, 0.05) is 11.8 Å². The van der Waals surface area contributed by atoms with Crippen LogP contribution in [0, 0.1) is 0 Å². The Kier molecular flexibility index (Phi) is 3.49. The van der Waals surface area contributed by atoms with E-state index in [1.54, 1.807) is 17.6 Å². The van der Waals surface area contributed by atoms with Gasteiger partial charge in [-0.25, -0.2) is 9.78 Å². The summed E-state index contributed by atoms with van der Waals surface area (Å²) in [5.41, 5.74) is 2.94. The summed E-state index contributed by atoms with van der Waals surface area (Å²) in [5.74, 6) is -1.87.